The van der Waals surface area contributed by atoms with Gasteiger partial charge in [0.15, 0.2) is 0 Å². The number of thioether (sulfide) groups is 1. The standard InChI is InChI=1S/C14H12OS2/c1-9-13(11-7-8-17-14(11)16-2)10-5-3-4-6-12(10)15-9/h3-8H,1-2H3. The van der Waals surface area contributed by atoms with Crippen molar-refractivity contribution in [3.8, 4) is 11.1 Å². The monoisotopic (exact) mass is 260 g/mol. The van der Waals surface area contributed by atoms with Gasteiger partial charge in [0.1, 0.15) is 11.3 Å². The molecule has 0 fully saturated rings. The molecule has 2 aromatic heterocycles. The fourth-order valence-electron chi connectivity index (χ4n) is 2.14. The summed E-state index contributed by atoms with van der Waals surface area (Å²) in [5.74, 6) is 1.000. The van der Waals surface area contributed by atoms with Crippen molar-refractivity contribution in [2.24, 2.45) is 0 Å². The first-order chi connectivity index (χ1) is 8.31. The van der Waals surface area contributed by atoms with Gasteiger partial charge in [-0.25, -0.2) is 0 Å². The van der Waals surface area contributed by atoms with E-state index in [1.165, 1.54) is 20.7 Å². The highest BCUT2D eigenvalue weighted by molar-refractivity contribution is 8.00. The lowest BCUT2D eigenvalue weighted by molar-refractivity contribution is 0.580. The van der Waals surface area contributed by atoms with Crippen LogP contribution in [0.2, 0.25) is 0 Å². The molecule has 0 atom stereocenters. The van der Waals surface area contributed by atoms with E-state index in [0.717, 1.165) is 11.3 Å². The second-order valence-corrected chi connectivity index (χ2v) is 5.85. The Labute approximate surface area is 108 Å². The maximum atomic E-state index is 5.82. The van der Waals surface area contributed by atoms with Crippen molar-refractivity contribution in [2.45, 2.75) is 11.1 Å². The molecule has 0 spiro atoms. The lowest BCUT2D eigenvalue weighted by atomic mass is 10.1. The Morgan fingerprint density at radius 3 is 2.82 bits per heavy atom. The van der Waals surface area contributed by atoms with Crippen molar-refractivity contribution in [1.82, 2.24) is 0 Å². The van der Waals surface area contributed by atoms with Gasteiger partial charge >= 0.3 is 0 Å². The zero-order valence-electron chi connectivity index (χ0n) is 9.69. The molecule has 0 saturated carbocycles. The van der Waals surface area contributed by atoms with E-state index in [-0.39, 0.29) is 0 Å². The number of para-hydroxylation sites is 1. The Kier molecular flexibility index (Phi) is 2.73. The van der Waals surface area contributed by atoms with Crippen LogP contribution >= 0.6 is 23.1 Å². The Bertz CT molecular complexity index is 664. The number of hydrogen-bond donors (Lipinski definition) is 0. The summed E-state index contributed by atoms with van der Waals surface area (Å²) >= 11 is 3.58. The molecule has 0 aliphatic heterocycles. The summed E-state index contributed by atoms with van der Waals surface area (Å²) in [6, 6.07) is 10.4. The Hall–Kier alpha value is -1.19. The second kappa shape index (κ2) is 4.24. The van der Waals surface area contributed by atoms with Gasteiger partial charge in [-0.2, -0.15) is 0 Å². The number of rotatable bonds is 2. The first-order valence-electron chi connectivity index (χ1n) is 5.41. The van der Waals surface area contributed by atoms with Crippen LogP contribution in [-0.2, 0) is 0 Å². The number of fused-ring (bicyclic) bond motifs is 1. The summed E-state index contributed by atoms with van der Waals surface area (Å²) in [5, 5.41) is 3.35. The number of benzene rings is 1. The van der Waals surface area contributed by atoms with Crippen molar-refractivity contribution in [3.05, 3.63) is 41.5 Å². The van der Waals surface area contributed by atoms with Crippen LogP contribution in [0.15, 0.2) is 44.3 Å². The molecule has 0 N–H and O–H groups in total. The van der Waals surface area contributed by atoms with Crippen molar-refractivity contribution >= 4 is 34.1 Å². The van der Waals surface area contributed by atoms with Crippen molar-refractivity contribution in [3.63, 3.8) is 0 Å². The van der Waals surface area contributed by atoms with Crippen LogP contribution < -0.4 is 0 Å². The third-order valence-electron chi connectivity index (χ3n) is 2.86. The highest BCUT2D eigenvalue weighted by Gasteiger charge is 2.15. The zero-order chi connectivity index (χ0) is 11.8. The van der Waals surface area contributed by atoms with Gasteiger partial charge in [0.25, 0.3) is 0 Å². The van der Waals surface area contributed by atoms with Gasteiger partial charge in [-0.15, -0.1) is 23.1 Å². The average molecular weight is 260 g/mol. The normalized spacial score (nSPS) is 11.2. The van der Waals surface area contributed by atoms with Crippen molar-refractivity contribution in [1.29, 1.82) is 0 Å². The molecule has 1 nitrogen and oxygen atoms in total. The molecule has 1 aromatic carbocycles. The molecule has 2 heterocycles. The van der Waals surface area contributed by atoms with E-state index in [4.69, 9.17) is 4.42 Å². The van der Waals surface area contributed by atoms with Crippen LogP contribution in [-0.4, -0.2) is 6.26 Å². The van der Waals surface area contributed by atoms with Gasteiger partial charge in [0, 0.05) is 16.5 Å². The minimum absolute atomic E-state index is 0.971. The van der Waals surface area contributed by atoms with Gasteiger partial charge in [-0.05, 0) is 30.7 Å². The van der Waals surface area contributed by atoms with E-state index in [0.29, 0.717) is 0 Å². The van der Waals surface area contributed by atoms with Crippen LogP contribution in [0.25, 0.3) is 22.1 Å². The predicted octanol–water partition coefficient (Wildman–Crippen LogP) is 5.19. The highest BCUT2D eigenvalue weighted by Crippen LogP contribution is 2.41. The fourth-order valence-corrected chi connectivity index (χ4v) is 3.71. The summed E-state index contributed by atoms with van der Waals surface area (Å²) in [6.07, 6.45) is 2.12. The molecule has 17 heavy (non-hydrogen) atoms. The van der Waals surface area contributed by atoms with E-state index in [1.54, 1.807) is 23.1 Å². The molecule has 0 saturated heterocycles. The first kappa shape index (κ1) is 10.9. The molecule has 86 valence electrons. The minimum atomic E-state index is 0.971. The van der Waals surface area contributed by atoms with Gasteiger partial charge in [0.2, 0.25) is 0 Å². The molecule has 0 amide bonds. The Morgan fingerprint density at radius 2 is 2.00 bits per heavy atom. The molecular weight excluding hydrogens is 248 g/mol. The van der Waals surface area contributed by atoms with Crippen LogP contribution in [0.4, 0.5) is 0 Å². The molecule has 0 bridgehead atoms. The van der Waals surface area contributed by atoms with Gasteiger partial charge in [-0.1, -0.05) is 18.2 Å². The number of furan rings is 1. The number of hydrogen-bond acceptors (Lipinski definition) is 3. The molecule has 3 aromatic rings. The predicted molar refractivity (Wildman–Crippen MR) is 76.0 cm³/mol. The SMILES string of the molecule is CSc1sccc1-c1c(C)oc2ccccc12. The summed E-state index contributed by atoms with van der Waals surface area (Å²) in [7, 11) is 0. The summed E-state index contributed by atoms with van der Waals surface area (Å²) in [4.78, 5) is 0. The molecule has 0 radical (unpaired) electrons. The van der Waals surface area contributed by atoms with Gasteiger partial charge < -0.3 is 4.42 Å². The van der Waals surface area contributed by atoms with Crippen LogP contribution in [0, 0.1) is 6.92 Å². The number of thiophene rings is 1. The van der Waals surface area contributed by atoms with E-state index >= 15 is 0 Å². The lowest BCUT2D eigenvalue weighted by Crippen LogP contribution is -1.77. The Balaban J connectivity index is 2.33. The first-order valence-corrected chi connectivity index (χ1v) is 7.51. The van der Waals surface area contributed by atoms with Gasteiger partial charge in [-0.3, -0.25) is 0 Å². The van der Waals surface area contributed by atoms with Crippen LogP contribution in [0.1, 0.15) is 5.76 Å². The van der Waals surface area contributed by atoms with Crippen LogP contribution in [0.5, 0.6) is 0 Å². The molecular formula is C14H12OS2. The van der Waals surface area contributed by atoms with E-state index in [9.17, 15) is 0 Å². The highest BCUT2D eigenvalue weighted by atomic mass is 32.2. The number of aryl methyl sites for hydroxylation is 1. The third kappa shape index (κ3) is 1.70. The quantitative estimate of drug-likeness (QED) is 0.588. The van der Waals surface area contributed by atoms with E-state index in [1.807, 2.05) is 19.1 Å². The average Bonchev–Trinajstić information content (AvgIpc) is 2.90. The summed E-state index contributed by atoms with van der Waals surface area (Å²) in [6.45, 7) is 2.04. The molecule has 0 aliphatic rings. The fraction of sp³-hybridized carbons (Fsp3) is 0.143. The Morgan fingerprint density at radius 1 is 1.18 bits per heavy atom. The lowest BCUT2D eigenvalue weighted by Gasteiger charge is -2.00. The van der Waals surface area contributed by atoms with Crippen molar-refractivity contribution in [2.75, 3.05) is 6.26 Å². The second-order valence-electron chi connectivity index (χ2n) is 3.86. The maximum Gasteiger partial charge on any atom is 0.134 e. The van der Waals surface area contributed by atoms with Gasteiger partial charge in [0.05, 0.1) is 4.21 Å². The maximum absolute atomic E-state index is 5.82. The van der Waals surface area contributed by atoms with Crippen molar-refractivity contribution < 1.29 is 4.42 Å². The van der Waals surface area contributed by atoms with Crippen LogP contribution in [0.3, 0.4) is 0 Å². The molecule has 3 heteroatoms. The van der Waals surface area contributed by atoms with E-state index in [2.05, 4.69) is 29.8 Å². The summed E-state index contributed by atoms with van der Waals surface area (Å²) in [5.41, 5.74) is 3.51. The zero-order valence-corrected chi connectivity index (χ0v) is 11.3. The molecule has 3 rings (SSSR count). The third-order valence-corrected chi connectivity index (χ3v) is 4.94. The smallest absolute Gasteiger partial charge is 0.134 e. The molecule has 0 aliphatic carbocycles. The molecule has 0 unspecified atom stereocenters. The van der Waals surface area contributed by atoms with E-state index < -0.39 is 0 Å². The summed E-state index contributed by atoms with van der Waals surface area (Å²) < 4.78 is 7.16. The topological polar surface area (TPSA) is 13.1 Å². The minimum Gasteiger partial charge on any atom is -0.461 e. The largest absolute Gasteiger partial charge is 0.461 e.